The quantitative estimate of drug-likeness (QED) is 0.627. The Morgan fingerprint density at radius 2 is 1.50 bits per heavy atom. The first-order chi connectivity index (χ1) is 16.4. The number of carbonyl (C=O) groups excluding carboxylic acids is 2. The summed E-state index contributed by atoms with van der Waals surface area (Å²) >= 11 is 0. The van der Waals surface area contributed by atoms with E-state index in [4.69, 9.17) is 33.2 Å². The lowest BCUT2D eigenvalue weighted by molar-refractivity contribution is -0.151. The molecule has 180 valence electrons. The van der Waals surface area contributed by atoms with Crippen LogP contribution in [0.3, 0.4) is 0 Å². The van der Waals surface area contributed by atoms with Crippen LogP contribution in [0.25, 0.3) is 5.57 Å². The Bertz CT molecular complexity index is 1160. The van der Waals surface area contributed by atoms with E-state index in [-0.39, 0.29) is 12.4 Å². The molecule has 2 aliphatic rings. The maximum atomic E-state index is 13.1. The molecule has 2 aromatic carbocycles. The largest absolute Gasteiger partial charge is 0.493 e. The van der Waals surface area contributed by atoms with Crippen molar-refractivity contribution in [2.45, 2.75) is 6.10 Å². The topological polar surface area (TPSA) is 119 Å². The van der Waals surface area contributed by atoms with Crippen LogP contribution in [0.2, 0.25) is 0 Å². The molecule has 10 heteroatoms. The minimum Gasteiger partial charge on any atom is -0.493 e. The third-order valence-electron chi connectivity index (χ3n) is 5.84. The molecular weight excluding hydrogens is 448 g/mol. The maximum Gasteiger partial charge on any atom is 0.335 e. The highest BCUT2D eigenvalue weighted by molar-refractivity contribution is 6.08. The molecule has 2 atom stereocenters. The number of carbonyl (C=O) groups is 2. The van der Waals surface area contributed by atoms with Gasteiger partial charge in [0, 0.05) is 5.57 Å². The zero-order valence-electron chi connectivity index (χ0n) is 19.3. The molecule has 0 saturated carbocycles. The fraction of sp³-hybridized carbons (Fsp3) is 0.333. The smallest absolute Gasteiger partial charge is 0.335 e. The number of hydrogen-bond acceptors (Lipinski definition) is 10. The zero-order chi connectivity index (χ0) is 24.6. The van der Waals surface area contributed by atoms with Crippen LogP contribution >= 0.6 is 0 Å². The Labute approximate surface area is 195 Å². The Kier molecular flexibility index (Phi) is 6.25. The molecule has 0 bridgehead atoms. The van der Waals surface area contributed by atoms with Gasteiger partial charge in [-0.15, -0.1) is 0 Å². The number of fused-ring (bicyclic) bond motifs is 2. The van der Waals surface area contributed by atoms with Crippen molar-refractivity contribution in [3.8, 4) is 28.7 Å². The van der Waals surface area contributed by atoms with Gasteiger partial charge in [0.15, 0.2) is 23.0 Å². The summed E-state index contributed by atoms with van der Waals surface area (Å²) in [5, 5.41) is 11.2. The van der Waals surface area contributed by atoms with Gasteiger partial charge >= 0.3 is 11.9 Å². The molecule has 0 spiro atoms. The van der Waals surface area contributed by atoms with E-state index >= 15 is 0 Å². The number of benzene rings is 2. The Morgan fingerprint density at radius 1 is 0.882 bits per heavy atom. The van der Waals surface area contributed by atoms with Gasteiger partial charge in [-0.1, -0.05) is 0 Å². The lowest BCUT2D eigenvalue weighted by Crippen LogP contribution is -2.34. The molecule has 0 radical (unpaired) electrons. The van der Waals surface area contributed by atoms with E-state index in [0.29, 0.717) is 51.0 Å². The van der Waals surface area contributed by atoms with Crippen molar-refractivity contribution in [2.75, 3.05) is 42.3 Å². The number of methoxy groups -OCH3 is 5. The molecule has 1 aliphatic heterocycles. The first-order valence-corrected chi connectivity index (χ1v) is 10.2. The van der Waals surface area contributed by atoms with Crippen molar-refractivity contribution in [1.82, 2.24) is 0 Å². The fourth-order valence-electron chi connectivity index (χ4n) is 4.31. The maximum absolute atomic E-state index is 13.1. The summed E-state index contributed by atoms with van der Waals surface area (Å²) in [6.07, 6.45) is -1.41. The van der Waals surface area contributed by atoms with E-state index in [2.05, 4.69) is 0 Å². The third-order valence-corrected chi connectivity index (χ3v) is 5.84. The molecule has 1 heterocycles. The van der Waals surface area contributed by atoms with Gasteiger partial charge in [0.05, 0.1) is 47.2 Å². The third kappa shape index (κ3) is 3.56. The van der Waals surface area contributed by atoms with Crippen molar-refractivity contribution in [2.24, 2.45) is 5.92 Å². The number of rotatable bonds is 6. The van der Waals surface area contributed by atoms with Crippen molar-refractivity contribution in [3.05, 3.63) is 46.5 Å². The first-order valence-electron chi connectivity index (χ1n) is 10.2. The molecule has 4 rings (SSSR count). The number of esters is 2. The predicted molar refractivity (Wildman–Crippen MR) is 117 cm³/mol. The highest BCUT2D eigenvalue weighted by Gasteiger charge is 2.45. The molecular formula is C24H24O10. The molecule has 1 N–H and O–H groups in total. The number of aliphatic hydroxyl groups excluding tert-OH is 1. The van der Waals surface area contributed by atoms with Crippen molar-refractivity contribution in [3.63, 3.8) is 0 Å². The summed E-state index contributed by atoms with van der Waals surface area (Å²) in [5.41, 5.74) is 1.50. The van der Waals surface area contributed by atoms with Crippen LogP contribution in [0, 0.1) is 5.92 Å². The molecule has 34 heavy (non-hydrogen) atoms. The average Bonchev–Trinajstić information content (AvgIpc) is 3.33. The van der Waals surface area contributed by atoms with Gasteiger partial charge in [-0.25, -0.2) is 4.79 Å². The van der Waals surface area contributed by atoms with Crippen LogP contribution in [0.5, 0.6) is 28.7 Å². The molecule has 1 aliphatic carbocycles. The number of hydrogen-bond donors (Lipinski definition) is 1. The average molecular weight is 472 g/mol. The normalized spacial score (nSPS) is 18.2. The van der Waals surface area contributed by atoms with Gasteiger partial charge < -0.3 is 38.3 Å². The molecule has 0 amide bonds. The minimum absolute atomic E-state index is 0.00183. The molecule has 0 fully saturated rings. The summed E-state index contributed by atoms with van der Waals surface area (Å²) in [6, 6.07) is 6.51. The number of aliphatic hydroxyl groups is 1. The van der Waals surface area contributed by atoms with Gasteiger partial charge in [-0.3, -0.25) is 4.79 Å². The highest BCUT2D eigenvalue weighted by Crippen LogP contribution is 2.51. The van der Waals surface area contributed by atoms with E-state index in [1.807, 2.05) is 0 Å². The minimum atomic E-state index is -1.41. The monoisotopic (exact) mass is 472 g/mol. The highest BCUT2D eigenvalue weighted by atomic mass is 16.7. The summed E-state index contributed by atoms with van der Waals surface area (Å²) in [6.45, 7) is 0.00183. The van der Waals surface area contributed by atoms with Gasteiger partial charge in [-0.05, 0) is 41.0 Å². The predicted octanol–water partition coefficient (Wildman–Crippen LogP) is 2.25. The van der Waals surface area contributed by atoms with Crippen LogP contribution < -0.4 is 23.7 Å². The van der Waals surface area contributed by atoms with Crippen LogP contribution in [-0.4, -0.2) is 59.4 Å². The summed E-state index contributed by atoms with van der Waals surface area (Å²) in [5.74, 6) is -1.13. The SMILES string of the molecule is COC(=O)C1=C(c2cc(OC)c(OC)c(OC)c2)c2cc3c(cc2[C@@H](O)[C@@H]1C(=O)OC)OCO3. The Hall–Kier alpha value is -3.92. The van der Waals surface area contributed by atoms with Gasteiger partial charge in [0.25, 0.3) is 0 Å². The van der Waals surface area contributed by atoms with Crippen molar-refractivity contribution >= 4 is 17.5 Å². The van der Waals surface area contributed by atoms with Crippen LogP contribution in [0.1, 0.15) is 22.8 Å². The van der Waals surface area contributed by atoms with Crippen LogP contribution in [0.4, 0.5) is 0 Å². The Morgan fingerprint density at radius 3 is 2.03 bits per heavy atom. The second-order valence-electron chi connectivity index (χ2n) is 7.43. The Balaban J connectivity index is 2.11. The van der Waals surface area contributed by atoms with Crippen LogP contribution in [0.15, 0.2) is 29.8 Å². The lowest BCUT2D eigenvalue weighted by atomic mass is 9.74. The fourth-order valence-corrected chi connectivity index (χ4v) is 4.31. The van der Waals surface area contributed by atoms with Gasteiger partial charge in [-0.2, -0.15) is 0 Å². The first kappa shape index (κ1) is 23.2. The van der Waals surface area contributed by atoms with Gasteiger partial charge in [0.2, 0.25) is 12.5 Å². The van der Waals surface area contributed by atoms with E-state index in [9.17, 15) is 14.7 Å². The van der Waals surface area contributed by atoms with E-state index in [0.717, 1.165) is 0 Å². The molecule has 0 unspecified atom stereocenters. The second-order valence-corrected chi connectivity index (χ2v) is 7.43. The summed E-state index contributed by atoms with van der Waals surface area (Å²) < 4.78 is 37.3. The van der Waals surface area contributed by atoms with E-state index < -0.39 is 24.0 Å². The van der Waals surface area contributed by atoms with E-state index in [1.54, 1.807) is 24.3 Å². The summed E-state index contributed by atoms with van der Waals surface area (Å²) in [7, 11) is 6.77. The number of ether oxygens (including phenoxy) is 7. The lowest BCUT2D eigenvalue weighted by Gasteiger charge is -2.32. The van der Waals surface area contributed by atoms with Crippen molar-refractivity contribution in [1.29, 1.82) is 0 Å². The molecule has 0 aromatic heterocycles. The summed E-state index contributed by atoms with van der Waals surface area (Å²) in [4.78, 5) is 25.9. The van der Waals surface area contributed by atoms with Crippen LogP contribution in [-0.2, 0) is 19.1 Å². The van der Waals surface area contributed by atoms with Gasteiger partial charge in [0.1, 0.15) is 5.92 Å². The molecule has 2 aromatic rings. The molecule has 10 nitrogen and oxygen atoms in total. The second kappa shape index (κ2) is 9.14. The zero-order valence-corrected chi connectivity index (χ0v) is 19.3. The van der Waals surface area contributed by atoms with E-state index in [1.165, 1.54) is 35.5 Å². The van der Waals surface area contributed by atoms with Crippen molar-refractivity contribution < 1.29 is 47.9 Å². The standard InChI is InChI=1S/C24H24O10/c1-28-16-6-11(7-17(29-2)22(16)30-3)18-12-8-14-15(34-10-33-14)9-13(12)21(25)20(24(27)32-5)19(18)23(26)31-4/h6-9,20-21,25H,10H2,1-5H3/t20-,21-/m1/s1. The molecule has 0 saturated heterocycles.